The number of rotatable bonds is 3. The average Bonchev–Trinajstić information content (AvgIpc) is 3.11. The first-order chi connectivity index (χ1) is 8.61. The highest BCUT2D eigenvalue weighted by Crippen LogP contribution is 2.47. The maximum atomic E-state index is 13.7. The minimum absolute atomic E-state index is 0.0291. The van der Waals surface area contributed by atoms with Gasteiger partial charge >= 0.3 is 0 Å². The van der Waals surface area contributed by atoms with Crippen LogP contribution in [-0.4, -0.2) is 16.7 Å². The van der Waals surface area contributed by atoms with Crippen molar-refractivity contribution >= 4 is 11.8 Å². The molecule has 4 nitrogen and oxygen atoms in total. The smallest absolute Gasteiger partial charge is 0.233 e. The topological polar surface area (TPSA) is 63.4 Å². The Balaban J connectivity index is 1.81. The normalized spacial score (nSPS) is 25.6. The SMILES string of the molecule is NCc1ccc(CN2C(=O)C3CC3C2=O)c(F)c1. The Morgan fingerprint density at radius 2 is 1.94 bits per heavy atom. The van der Waals surface area contributed by atoms with Crippen molar-refractivity contribution in [3.05, 3.63) is 35.1 Å². The number of nitrogens with zero attached hydrogens (tertiary/aromatic N) is 1. The van der Waals surface area contributed by atoms with E-state index in [9.17, 15) is 14.0 Å². The summed E-state index contributed by atoms with van der Waals surface area (Å²) in [6.07, 6.45) is 0.669. The zero-order valence-corrected chi connectivity index (χ0v) is 9.73. The summed E-state index contributed by atoms with van der Waals surface area (Å²) in [5.41, 5.74) is 6.46. The summed E-state index contributed by atoms with van der Waals surface area (Å²) in [6.45, 7) is 0.296. The number of halogens is 1. The molecule has 2 N–H and O–H groups in total. The Morgan fingerprint density at radius 1 is 1.28 bits per heavy atom. The molecule has 2 aliphatic rings. The van der Waals surface area contributed by atoms with Crippen LogP contribution in [0.1, 0.15) is 17.5 Å². The Hall–Kier alpha value is -1.75. The van der Waals surface area contributed by atoms with Crippen LogP contribution in [0.4, 0.5) is 4.39 Å². The lowest BCUT2D eigenvalue weighted by Crippen LogP contribution is -2.32. The molecule has 5 heteroatoms. The quantitative estimate of drug-likeness (QED) is 0.804. The van der Waals surface area contributed by atoms with Crippen LogP contribution >= 0.6 is 0 Å². The van der Waals surface area contributed by atoms with E-state index < -0.39 is 5.82 Å². The highest BCUT2D eigenvalue weighted by Gasteiger charge is 2.58. The summed E-state index contributed by atoms with van der Waals surface area (Å²) in [5.74, 6) is -1.01. The third-order valence-electron chi connectivity index (χ3n) is 3.64. The molecule has 1 saturated heterocycles. The van der Waals surface area contributed by atoms with Crippen molar-refractivity contribution in [3.8, 4) is 0 Å². The molecule has 1 aliphatic carbocycles. The fraction of sp³-hybridized carbons (Fsp3) is 0.385. The number of piperidine rings is 1. The summed E-state index contributed by atoms with van der Waals surface area (Å²) >= 11 is 0. The van der Waals surface area contributed by atoms with Crippen molar-refractivity contribution in [1.29, 1.82) is 0 Å². The number of nitrogens with two attached hydrogens (primary N) is 1. The highest BCUT2D eigenvalue weighted by atomic mass is 19.1. The number of imide groups is 1. The number of amides is 2. The number of hydrogen-bond donors (Lipinski definition) is 1. The van der Waals surface area contributed by atoms with Crippen LogP contribution in [0.25, 0.3) is 0 Å². The second-order valence-corrected chi connectivity index (χ2v) is 4.84. The molecule has 1 aromatic rings. The number of hydrogen-bond acceptors (Lipinski definition) is 3. The zero-order valence-electron chi connectivity index (χ0n) is 9.73. The zero-order chi connectivity index (χ0) is 12.9. The van der Waals surface area contributed by atoms with Gasteiger partial charge in [0.1, 0.15) is 5.82 Å². The first kappa shape index (κ1) is 11.3. The van der Waals surface area contributed by atoms with E-state index in [2.05, 4.69) is 0 Å². The molecule has 2 amide bonds. The predicted octanol–water partition coefficient (Wildman–Crippen LogP) is 0.789. The number of likely N-dealkylation sites (tertiary alicyclic amines) is 1. The summed E-state index contributed by atoms with van der Waals surface area (Å²) < 4.78 is 13.7. The molecule has 0 aromatic heterocycles. The Kier molecular flexibility index (Phi) is 2.45. The van der Waals surface area contributed by atoms with Gasteiger partial charge in [0, 0.05) is 12.1 Å². The van der Waals surface area contributed by atoms with Gasteiger partial charge in [0.25, 0.3) is 0 Å². The van der Waals surface area contributed by atoms with Crippen molar-refractivity contribution in [2.24, 2.45) is 17.6 Å². The average molecular weight is 248 g/mol. The fourth-order valence-electron chi connectivity index (χ4n) is 2.42. The second-order valence-electron chi connectivity index (χ2n) is 4.84. The first-order valence-electron chi connectivity index (χ1n) is 5.94. The molecule has 3 rings (SSSR count). The van der Waals surface area contributed by atoms with E-state index in [1.165, 1.54) is 11.0 Å². The molecule has 1 aromatic carbocycles. The van der Waals surface area contributed by atoms with Crippen LogP contribution in [0.2, 0.25) is 0 Å². The molecular weight excluding hydrogens is 235 g/mol. The fourth-order valence-corrected chi connectivity index (χ4v) is 2.42. The monoisotopic (exact) mass is 248 g/mol. The largest absolute Gasteiger partial charge is 0.326 e. The molecule has 1 heterocycles. The third kappa shape index (κ3) is 1.62. The van der Waals surface area contributed by atoms with Gasteiger partial charge < -0.3 is 5.73 Å². The van der Waals surface area contributed by atoms with Crippen LogP contribution < -0.4 is 5.73 Å². The molecule has 18 heavy (non-hydrogen) atoms. The number of benzene rings is 1. The van der Waals surface area contributed by atoms with Gasteiger partial charge in [-0.1, -0.05) is 12.1 Å². The predicted molar refractivity (Wildman–Crippen MR) is 61.4 cm³/mol. The van der Waals surface area contributed by atoms with E-state index in [1.807, 2.05) is 0 Å². The lowest BCUT2D eigenvalue weighted by Gasteiger charge is -2.17. The number of carbonyl (C=O) groups is 2. The molecule has 0 spiro atoms. The highest BCUT2D eigenvalue weighted by molar-refractivity contribution is 6.08. The summed E-state index contributed by atoms with van der Waals surface area (Å²) in [4.78, 5) is 24.7. The van der Waals surface area contributed by atoms with Crippen LogP contribution in [-0.2, 0) is 22.7 Å². The third-order valence-corrected chi connectivity index (χ3v) is 3.64. The minimum atomic E-state index is -0.417. The van der Waals surface area contributed by atoms with Crippen LogP contribution in [0.3, 0.4) is 0 Å². The van der Waals surface area contributed by atoms with Crippen LogP contribution in [0.5, 0.6) is 0 Å². The van der Waals surface area contributed by atoms with Gasteiger partial charge in [0.15, 0.2) is 0 Å². The standard InChI is InChI=1S/C13H13FN2O2/c14-11-3-7(5-15)1-2-8(11)6-16-12(17)9-4-10(9)13(16)18/h1-3,9-10H,4-6,15H2. The maximum Gasteiger partial charge on any atom is 0.233 e. The number of carbonyl (C=O) groups excluding carboxylic acids is 2. The lowest BCUT2D eigenvalue weighted by molar-refractivity contribution is -0.142. The Bertz CT molecular complexity index is 524. The van der Waals surface area contributed by atoms with Gasteiger partial charge in [-0.3, -0.25) is 14.5 Å². The lowest BCUT2D eigenvalue weighted by atomic mass is 10.1. The van der Waals surface area contributed by atoms with Gasteiger partial charge in [0.2, 0.25) is 11.8 Å². The van der Waals surface area contributed by atoms with E-state index in [0.717, 1.165) is 0 Å². The van der Waals surface area contributed by atoms with Gasteiger partial charge in [-0.2, -0.15) is 0 Å². The maximum absolute atomic E-state index is 13.7. The van der Waals surface area contributed by atoms with E-state index >= 15 is 0 Å². The number of fused-ring (bicyclic) bond motifs is 1. The Labute approximate surface area is 104 Å². The molecule has 94 valence electrons. The van der Waals surface area contributed by atoms with E-state index in [-0.39, 0.29) is 36.7 Å². The summed E-state index contributed by atoms with van der Waals surface area (Å²) in [5, 5.41) is 0. The van der Waals surface area contributed by atoms with E-state index in [1.54, 1.807) is 12.1 Å². The van der Waals surface area contributed by atoms with Gasteiger partial charge in [-0.15, -0.1) is 0 Å². The molecule has 1 saturated carbocycles. The molecule has 0 bridgehead atoms. The first-order valence-corrected chi connectivity index (χ1v) is 5.94. The van der Waals surface area contributed by atoms with Gasteiger partial charge in [-0.05, 0) is 18.1 Å². The van der Waals surface area contributed by atoms with E-state index in [4.69, 9.17) is 5.73 Å². The van der Waals surface area contributed by atoms with Gasteiger partial charge in [-0.25, -0.2) is 4.39 Å². The van der Waals surface area contributed by atoms with Crippen molar-refractivity contribution in [2.45, 2.75) is 19.5 Å². The van der Waals surface area contributed by atoms with Crippen LogP contribution in [0.15, 0.2) is 18.2 Å². The molecule has 1 aliphatic heterocycles. The van der Waals surface area contributed by atoms with Gasteiger partial charge in [0.05, 0.1) is 18.4 Å². The molecule has 2 atom stereocenters. The minimum Gasteiger partial charge on any atom is -0.326 e. The Morgan fingerprint density at radius 3 is 2.50 bits per heavy atom. The molecule has 0 radical (unpaired) electrons. The molecule has 2 unspecified atom stereocenters. The molecule has 2 fully saturated rings. The van der Waals surface area contributed by atoms with E-state index in [0.29, 0.717) is 17.5 Å². The molecular formula is C13H13FN2O2. The van der Waals surface area contributed by atoms with Crippen molar-refractivity contribution in [2.75, 3.05) is 0 Å². The summed E-state index contributed by atoms with van der Waals surface area (Å²) in [7, 11) is 0. The second kappa shape index (κ2) is 3.88. The summed E-state index contributed by atoms with van der Waals surface area (Å²) in [6, 6.07) is 4.65. The van der Waals surface area contributed by atoms with Crippen LogP contribution in [0, 0.1) is 17.7 Å². The van der Waals surface area contributed by atoms with Crippen molar-refractivity contribution in [1.82, 2.24) is 4.90 Å². The van der Waals surface area contributed by atoms with Crippen molar-refractivity contribution in [3.63, 3.8) is 0 Å². The van der Waals surface area contributed by atoms with Crippen molar-refractivity contribution < 1.29 is 14.0 Å².